The van der Waals surface area contributed by atoms with Crippen LogP contribution in [0.3, 0.4) is 0 Å². The molecule has 0 amide bonds. The summed E-state index contributed by atoms with van der Waals surface area (Å²) in [7, 11) is 1.77. The van der Waals surface area contributed by atoms with Crippen LogP contribution < -0.4 is 19.6 Å². The van der Waals surface area contributed by atoms with Crippen LogP contribution in [0.15, 0.2) is 97.9 Å². The molecule has 45 heavy (non-hydrogen) atoms. The van der Waals surface area contributed by atoms with E-state index in [0.717, 1.165) is 49.4 Å². The van der Waals surface area contributed by atoms with Gasteiger partial charge in [-0.05, 0) is 57.8 Å². The van der Waals surface area contributed by atoms with Crippen molar-refractivity contribution in [1.82, 2.24) is 19.8 Å². The van der Waals surface area contributed by atoms with Crippen molar-refractivity contribution in [1.29, 1.82) is 0 Å². The Labute approximate surface area is 276 Å². The van der Waals surface area contributed by atoms with Crippen LogP contribution in [0, 0.1) is 49.8 Å². The summed E-state index contributed by atoms with van der Waals surface area (Å²) in [6, 6.07) is 27.0. The number of para-hydroxylation sites is 2. The third-order valence-corrected chi connectivity index (χ3v) is 7.00. The number of benzene rings is 3. The zero-order valence-corrected chi connectivity index (χ0v) is 26.9. The summed E-state index contributed by atoms with van der Waals surface area (Å²) in [5.74, 6) is -0.266. The molecule has 235 valence electrons. The standard InChI is InChI=1S/C22H22N4.C12H8F2N4.Ir/c1-3-9-21(10-4-1)25-17-15-23(19-25)13-7-8-14-24-16-18-26(20-24)22-11-5-2-6-12-22;1-17-7-18(12-11(17)15-4-5-16-12)10-3-2-8(13)6-9(10)14;/h1-6,9,11,15-20H,7-8,13-14H2;2,4-7H,1H3;/q-4;-2;. The molecule has 0 atom stereocenters. The van der Waals surface area contributed by atoms with Gasteiger partial charge in [0.1, 0.15) is 11.6 Å². The molecule has 0 unspecified atom stereocenters. The second-order valence-electron chi connectivity index (χ2n) is 10.1. The van der Waals surface area contributed by atoms with Crippen LogP contribution >= 0.6 is 0 Å². The normalized spacial score (nSPS) is 14.9. The van der Waals surface area contributed by atoms with Crippen molar-refractivity contribution in [2.75, 3.05) is 39.7 Å². The van der Waals surface area contributed by atoms with E-state index in [1.165, 1.54) is 11.1 Å². The number of anilines is 5. The Bertz CT molecular complexity index is 1520. The van der Waals surface area contributed by atoms with Crippen molar-refractivity contribution < 1.29 is 28.9 Å². The molecular weight excluding hydrogens is 751 g/mol. The molecule has 0 spiro atoms. The van der Waals surface area contributed by atoms with E-state index in [9.17, 15) is 8.78 Å². The Hall–Kier alpha value is -4.47. The van der Waals surface area contributed by atoms with Crippen molar-refractivity contribution in [2.24, 2.45) is 0 Å². The minimum Gasteiger partial charge on any atom is -0.508 e. The van der Waals surface area contributed by atoms with Gasteiger partial charge in [0.2, 0.25) is 0 Å². The fraction of sp³-hybridized carbons (Fsp3) is 0.147. The van der Waals surface area contributed by atoms with Gasteiger partial charge in [-0.3, -0.25) is 8.78 Å². The number of halogens is 2. The van der Waals surface area contributed by atoms with Crippen molar-refractivity contribution in [3.63, 3.8) is 0 Å². The van der Waals surface area contributed by atoms with Gasteiger partial charge in [0.05, 0.1) is 0 Å². The van der Waals surface area contributed by atoms with Crippen LogP contribution in [-0.2, 0) is 20.1 Å². The first kappa shape index (κ1) is 31.9. The molecule has 1 aromatic heterocycles. The number of rotatable bonds is 8. The molecule has 0 bridgehead atoms. The van der Waals surface area contributed by atoms with Crippen molar-refractivity contribution >= 4 is 28.7 Å². The maximum absolute atomic E-state index is 13.7. The molecule has 3 aliphatic rings. The largest absolute Gasteiger partial charge is 0.508 e. The minimum absolute atomic E-state index is 0. The van der Waals surface area contributed by atoms with Crippen molar-refractivity contribution in [3.05, 3.63) is 148 Å². The number of aromatic nitrogens is 2. The summed E-state index contributed by atoms with van der Waals surface area (Å²) in [6.45, 7) is 7.92. The first-order valence-corrected chi connectivity index (χ1v) is 14.2. The summed E-state index contributed by atoms with van der Waals surface area (Å²) in [4.78, 5) is 20.1. The molecule has 4 heterocycles. The molecule has 7 rings (SSSR count). The predicted octanol–water partition coefficient (Wildman–Crippen LogP) is 6.45. The van der Waals surface area contributed by atoms with Crippen LogP contribution in [0.1, 0.15) is 12.8 Å². The molecule has 3 aromatic carbocycles. The monoisotopic (exact) mass is 781 g/mol. The van der Waals surface area contributed by atoms with Gasteiger partial charge in [-0.2, -0.15) is 80.1 Å². The van der Waals surface area contributed by atoms with Crippen LogP contribution in [0.4, 0.5) is 37.5 Å². The molecular formula is C34H30F2IrN8-6. The average molecular weight is 781 g/mol. The molecule has 0 saturated heterocycles. The molecule has 0 aliphatic carbocycles. The first-order chi connectivity index (χ1) is 21.5. The third kappa shape index (κ3) is 7.79. The van der Waals surface area contributed by atoms with E-state index in [2.05, 4.69) is 98.0 Å². The second-order valence-corrected chi connectivity index (χ2v) is 10.1. The zero-order chi connectivity index (χ0) is 30.3. The van der Waals surface area contributed by atoms with E-state index in [4.69, 9.17) is 0 Å². The Balaban J connectivity index is 0.000000185. The second kappa shape index (κ2) is 15.0. The predicted molar refractivity (Wildman–Crippen MR) is 167 cm³/mol. The Kier molecular flexibility index (Phi) is 10.7. The first-order valence-electron chi connectivity index (χ1n) is 14.2. The SMILES string of the molecule is CN1[CH-]N(c2[c-]cc(F)cc2F)c2nccnc21.[Ir].[c-]1ccccc1N1C=CN(CCCCN2C=CN(c3[c-]cccc3)[CH-]2)[CH-]1. The summed E-state index contributed by atoms with van der Waals surface area (Å²) in [5, 5.41) is 0. The maximum Gasteiger partial charge on any atom is 0.144 e. The quantitative estimate of drug-likeness (QED) is 0.150. The topological polar surface area (TPSA) is 45.2 Å². The molecule has 4 aromatic rings. The Morgan fingerprint density at radius 1 is 0.733 bits per heavy atom. The summed E-state index contributed by atoms with van der Waals surface area (Å²) < 4.78 is 26.6. The Morgan fingerprint density at radius 2 is 1.31 bits per heavy atom. The van der Waals surface area contributed by atoms with Gasteiger partial charge in [0.25, 0.3) is 0 Å². The van der Waals surface area contributed by atoms with Crippen LogP contribution in [0.25, 0.3) is 0 Å². The van der Waals surface area contributed by atoms with Crippen LogP contribution in [-0.4, -0.2) is 39.9 Å². The van der Waals surface area contributed by atoms with Crippen molar-refractivity contribution in [3.8, 4) is 0 Å². The number of hydrogen-bond acceptors (Lipinski definition) is 8. The van der Waals surface area contributed by atoms with E-state index < -0.39 is 11.6 Å². The minimum atomic E-state index is -0.696. The molecule has 0 saturated carbocycles. The maximum atomic E-state index is 13.7. The average Bonchev–Trinajstić information content (AvgIpc) is 3.81. The number of hydrogen-bond donors (Lipinski definition) is 0. The van der Waals surface area contributed by atoms with Gasteiger partial charge in [-0.15, -0.1) is 30.2 Å². The molecule has 0 N–H and O–H groups in total. The van der Waals surface area contributed by atoms with E-state index in [0.29, 0.717) is 11.6 Å². The molecule has 11 heteroatoms. The van der Waals surface area contributed by atoms with Gasteiger partial charge in [-0.25, -0.2) is 9.97 Å². The fourth-order valence-electron chi connectivity index (χ4n) is 4.83. The van der Waals surface area contributed by atoms with Gasteiger partial charge in [0, 0.05) is 44.1 Å². The van der Waals surface area contributed by atoms with Crippen molar-refractivity contribution in [2.45, 2.75) is 12.8 Å². The number of unbranched alkanes of at least 4 members (excludes halogenated alkanes) is 1. The van der Waals surface area contributed by atoms with E-state index in [1.807, 2.05) is 36.4 Å². The van der Waals surface area contributed by atoms with Crippen LogP contribution in [0.5, 0.6) is 0 Å². The van der Waals surface area contributed by atoms with Gasteiger partial charge < -0.3 is 29.4 Å². The number of fused-ring (bicyclic) bond motifs is 1. The number of nitrogens with zero attached hydrogens (tertiary/aromatic N) is 8. The van der Waals surface area contributed by atoms with E-state index >= 15 is 0 Å². The zero-order valence-electron chi connectivity index (χ0n) is 24.5. The fourth-order valence-corrected chi connectivity index (χ4v) is 4.83. The molecule has 1 radical (unpaired) electrons. The molecule has 0 fully saturated rings. The summed E-state index contributed by atoms with van der Waals surface area (Å²) >= 11 is 0. The Morgan fingerprint density at radius 3 is 1.84 bits per heavy atom. The van der Waals surface area contributed by atoms with Gasteiger partial charge in [0.15, 0.2) is 0 Å². The van der Waals surface area contributed by atoms with Crippen LogP contribution in [0.2, 0.25) is 0 Å². The van der Waals surface area contributed by atoms with E-state index in [-0.39, 0.29) is 25.8 Å². The molecule has 3 aliphatic heterocycles. The summed E-state index contributed by atoms with van der Waals surface area (Å²) in [6.07, 6.45) is 13.8. The smallest absolute Gasteiger partial charge is 0.144 e. The van der Waals surface area contributed by atoms with E-state index in [1.54, 1.807) is 24.8 Å². The third-order valence-electron chi connectivity index (χ3n) is 7.00. The molecule has 8 nitrogen and oxygen atoms in total. The van der Waals surface area contributed by atoms with Gasteiger partial charge >= 0.3 is 0 Å². The summed E-state index contributed by atoms with van der Waals surface area (Å²) in [5.41, 5.74) is 2.25. The van der Waals surface area contributed by atoms with Gasteiger partial charge in [-0.1, -0.05) is 5.69 Å².